The van der Waals surface area contributed by atoms with Crippen molar-refractivity contribution in [3.63, 3.8) is 0 Å². The van der Waals surface area contributed by atoms with Crippen LogP contribution in [0.5, 0.6) is 0 Å². The van der Waals surface area contributed by atoms with Crippen LogP contribution in [-0.4, -0.2) is 72.2 Å². The molecule has 2 heterocycles. The van der Waals surface area contributed by atoms with Crippen LogP contribution in [-0.2, 0) is 4.79 Å². The fraction of sp³-hybridized carbons (Fsp3) is 0.778. The highest BCUT2D eigenvalue weighted by Gasteiger charge is 2.41. The molecule has 0 aromatic heterocycles. The van der Waals surface area contributed by atoms with Gasteiger partial charge in [0.2, 0.25) is 0 Å². The molecule has 3 aliphatic rings. The fourth-order valence-electron chi connectivity index (χ4n) is 4.17. The number of rotatable bonds is 3. The van der Waals surface area contributed by atoms with E-state index in [2.05, 4.69) is 9.89 Å². The van der Waals surface area contributed by atoms with Gasteiger partial charge in [-0.2, -0.15) is 5.26 Å². The number of hydrogen-bond acceptors (Lipinski definition) is 5. The Hall–Kier alpha value is -1.94. The summed E-state index contributed by atoms with van der Waals surface area (Å²) < 4.78 is 0. The summed E-state index contributed by atoms with van der Waals surface area (Å²) in [5, 5.41) is 9.36. The molecule has 0 spiro atoms. The zero-order valence-corrected chi connectivity index (χ0v) is 15.1. The molecule has 0 bridgehead atoms. The maximum atomic E-state index is 12.2. The largest absolute Gasteiger partial charge is 0.331 e. The van der Waals surface area contributed by atoms with E-state index in [1.807, 2.05) is 6.07 Å². The smallest absolute Gasteiger partial charge is 0.303 e. The summed E-state index contributed by atoms with van der Waals surface area (Å²) in [4.78, 5) is 33.8. The predicted octanol–water partition coefficient (Wildman–Crippen LogP) is 1.70. The number of nitriles is 1. The molecule has 1 saturated carbocycles. The molecule has 2 aliphatic heterocycles. The van der Waals surface area contributed by atoms with E-state index in [1.54, 1.807) is 7.05 Å². The molecule has 1 aliphatic carbocycles. The molecule has 0 aromatic carbocycles. The van der Waals surface area contributed by atoms with Crippen molar-refractivity contribution in [2.75, 3.05) is 33.7 Å². The average Bonchev–Trinajstić information content (AvgIpc) is 3.13. The van der Waals surface area contributed by atoms with E-state index in [0.29, 0.717) is 5.84 Å². The van der Waals surface area contributed by atoms with Gasteiger partial charge in [0.15, 0.2) is 5.92 Å². The Balaban J connectivity index is 1.63. The molecule has 3 rings (SSSR count). The van der Waals surface area contributed by atoms with Gasteiger partial charge in [0.05, 0.1) is 12.1 Å². The standard InChI is InChI=1S/C18H27N5O2/c1-21-16(15(11-19)17(24)22(2)18(21)25)20-14-7-9-23(10-8-14)12-13-5-3-4-6-13/h13-15H,3-10,12H2,1-2H3. The Kier molecular flexibility index (Phi) is 5.38. The van der Waals surface area contributed by atoms with Gasteiger partial charge in [0.25, 0.3) is 5.91 Å². The van der Waals surface area contributed by atoms with Crippen molar-refractivity contribution in [3.05, 3.63) is 0 Å². The Morgan fingerprint density at radius 2 is 1.72 bits per heavy atom. The summed E-state index contributed by atoms with van der Waals surface area (Å²) in [5.41, 5.74) is 0. The quantitative estimate of drug-likeness (QED) is 0.780. The molecule has 3 amide bonds. The molecule has 25 heavy (non-hydrogen) atoms. The first kappa shape index (κ1) is 17.9. The lowest BCUT2D eigenvalue weighted by Gasteiger charge is -2.36. The van der Waals surface area contributed by atoms with Crippen LogP contribution in [0.3, 0.4) is 0 Å². The first-order chi connectivity index (χ1) is 12.0. The van der Waals surface area contributed by atoms with E-state index in [9.17, 15) is 14.9 Å². The van der Waals surface area contributed by atoms with Crippen LogP contribution in [0.1, 0.15) is 38.5 Å². The third-order valence-electron chi connectivity index (χ3n) is 5.75. The molecule has 1 atom stereocenters. The van der Waals surface area contributed by atoms with Gasteiger partial charge >= 0.3 is 6.03 Å². The summed E-state index contributed by atoms with van der Waals surface area (Å²) in [5.74, 6) is -0.307. The second-order valence-electron chi connectivity index (χ2n) is 7.47. The maximum absolute atomic E-state index is 12.2. The lowest BCUT2D eigenvalue weighted by Crippen LogP contribution is -2.57. The Bertz CT molecular complexity index is 597. The highest BCUT2D eigenvalue weighted by Crippen LogP contribution is 2.27. The summed E-state index contributed by atoms with van der Waals surface area (Å²) in [6, 6.07) is 1.66. The third kappa shape index (κ3) is 3.69. The highest BCUT2D eigenvalue weighted by atomic mass is 16.2. The van der Waals surface area contributed by atoms with Crippen molar-refractivity contribution in [1.29, 1.82) is 5.26 Å². The van der Waals surface area contributed by atoms with Crippen molar-refractivity contribution in [1.82, 2.24) is 14.7 Å². The third-order valence-corrected chi connectivity index (χ3v) is 5.75. The van der Waals surface area contributed by atoms with Crippen LogP contribution in [0.2, 0.25) is 0 Å². The molecule has 136 valence electrons. The van der Waals surface area contributed by atoms with Gasteiger partial charge in [-0.05, 0) is 31.6 Å². The van der Waals surface area contributed by atoms with Gasteiger partial charge in [-0.1, -0.05) is 12.8 Å². The van der Waals surface area contributed by atoms with Gasteiger partial charge < -0.3 is 4.90 Å². The van der Waals surface area contributed by atoms with Crippen LogP contribution in [0.25, 0.3) is 0 Å². The number of carbonyl (C=O) groups is 2. The first-order valence-electron chi connectivity index (χ1n) is 9.26. The number of imide groups is 1. The zero-order chi connectivity index (χ0) is 18.0. The van der Waals surface area contributed by atoms with Gasteiger partial charge in [-0.15, -0.1) is 0 Å². The van der Waals surface area contributed by atoms with Gasteiger partial charge in [0, 0.05) is 33.7 Å². The molecular weight excluding hydrogens is 318 g/mol. The van der Waals surface area contributed by atoms with Crippen LogP contribution < -0.4 is 0 Å². The summed E-state index contributed by atoms with van der Waals surface area (Å²) in [7, 11) is 2.99. The second-order valence-corrected chi connectivity index (χ2v) is 7.47. The number of carbonyl (C=O) groups excluding carboxylic acids is 2. The number of amidine groups is 1. The van der Waals surface area contributed by atoms with E-state index in [-0.39, 0.29) is 6.04 Å². The van der Waals surface area contributed by atoms with Crippen molar-refractivity contribution in [3.8, 4) is 6.07 Å². The van der Waals surface area contributed by atoms with E-state index < -0.39 is 17.9 Å². The van der Waals surface area contributed by atoms with Crippen LogP contribution in [0.15, 0.2) is 4.99 Å². The first-order valence-corrected chi connectivity index (χ1v) is 9.26. The van der Waals surface area contributed by atoms with E-state index >= 15 is 0 Å². The molecule has 3 fully saturated rings. The molecule has 0 radical (unpaired) electrons. The molecule has 2 saturated heterocycles. The molecular formula is C18H27N5O2. The highest BCUT2D eigenvalue weighted by molar-refractivity contribution is 6.19. The van der Waals surface area contributed by atoms with E-state index in [1.165, 1.54) is 44.2 Å². The minimum absolute atomic E-state index is 0.0807. The number of piperidine rings is 1. The van der Waals surface area contributed by atoms with Crippen molar-refractivity contribution >= 4 is 17.8 Å². The Morgan fingerprint density at radius 1 is 1.08 bits per heavy atom. The molecule has 0 aromatic rings. The molecule has 1 unspecified atom stereocenters. The SMILES string of the molecule is CN1C(=O)C(C#N)C(=NC2CCN(CC3CCCC3)CC2)N(C)C1=O. The summed E-state index contributed by atoms with van der Waals surface area (Å²) >= 11 is 0. The number of amides is 3. The monoisotopic (exact) mass is 345 g/mol. The second kappa shape index (κ2) is 7.52. The van der Waals surface area contributed by atoms with Crippen LogP contribution in [0, 0.1) is 23.2 Å². The number of likely N-dealkylation sites (tertiary alicyclic amines) is 1. The molecule has 0 N–H and O–H groups in total. The number of hydrogen-bond donors (Lipinski definition) is 0. The number of aliphatic imine (C=N–C) groups is 1. The van der Waals surface area contributed by atoms with Gasteiger partial charge in [0.1, 0.15) is 5.84 Å². The number of urea groups is 1. The lowest BCUT2D eigenvalue weighted by atomic mass is 10.0. The van der Waals surface area contributed by atoms with E-state index in [4.69, 9.17) is 0 Å². The zero-order valence-electron chi connectivity index (χ0n) is 15.1. The summed E-state index contributed by atoms with van der Waals surface area (Å²) in [6.07, 6.45) is 7.28. The minimum atomic E-state index is -0.982. The topological polar surface area (TPSA) is 80.0 Å². The summed E-state index contributed by atoms with van der Waals surface area (Å²) in [6.45, 7) is 3.19. The average molecular weight is 345 g/mol. The minimum Gasteiger partial charge on any atom is -0.303 e. The van der Waals surface area contributed by atoms with Crippen molar-refractivity contribution in [2.45, 2.75) is 44.6 Å². The van der Waals surface area contributed by atoms with Crippen LogP contribution in [0.4, 0.5) is 4.79 Å². The Morgan fingerprint density at radius 3 is 2.32 bits per heavy atom. The predicted molar refractivity (Wildman–Crippen MR) is 93.9 cm³/mol. The van der Waals surface area contributed by atoms with Crippen molar-refractivity contribution in [2.24, 2.45) is 16.8 Å². The Labute approximate surface area is 149 Å². The van der Waals surface area contributed by atoms with Gasteiger partial charge in [-0.25, -0.2) is 4.79 Å². The van der Waals surface area contributed by atoms with Gasteiger partial charge in [-0.3, -0.25) is 19.6 Å². The van der Waals surface area contributed by atoms with E-state index in [0.717, 1.165) is 36.7 Å². The van der Waals surface area contributed by atoms with Crippen LogP contribution >= 0.6 is 0 Å². The lowest BCUT2D eigenvalue weighted by molar-refractivity contribution is -0.129. The normalized spacial score (nSPS) is 28.8. The number of nitrogens with zero attached hydrogens (tertiary/aromatic N) is 5. The molecule has 7 heteroatoms. The molecule has 7 nitrogen and oxygen atoms in total. The maximum Gasteiger partial charge on any atom is 0.331 e. The van der Waals surface area contributed by atoms with Crippen molar-refractivity contribution < 1.29 is 9.59 Å². The fourth-order valence-corrected chi connectivity index (χ4v) is 4.17.